The molecule has 0 fully saturated rings. The van der Waals surface area contributed by atoms with Gasteiger partial charge in [-0.2, -0.15) is 0 Å². The molecular formula is C16H22N2O5S2. The minimum absolute atomic E-state index is 0.171. The van der Waals surface area contributed by atoms with Crippen LogP contribution in [0.1, 0.15) is 16.6 Å². The summed E-state index contributed by atoms with van der Waals surface area (Å²) in [7, 11) is -1.99. The normalized spacial score (nSPS) is 11.8. The van der Waals surface area contributed by atoms with Crippen LogP contribution in [0, 0.1) is 0 Å². The van der Waals surface area contributed by atoms with Crippen molar-refractivity contribution in [2.75, 3.05) is 40.0 Å². The molecule has 7 nitrogen and oxygen atoms in total. The summed E-state index contributed by atoms with van der Waals surface area (Å²) in [5.74, 6) is -0.395. The fourth-order valence-corrected chi connectivity index (χ4v) is 4.15. The van der Waals surface area contributed by atoms with Crippen LogP contribution in [0.3, 0.4) is 0 Å². The van der Waals surface area contributed by atoms with E-state index in [2.05, 4.69) is 10.0 Å². The number of carbonyl (C=O) groups is 1. The van der Waals surface area contributed by atoms with Gasteiger partial charge in [0.1, 0.15) is 4.88 Å². The maximum absolute atomic E-state index is 12.4. The van der Waals surface area contributed by atoms with E-state index < -0.39 is 16.0 Å². The summed E-state index contributed by atoms with van der Waals surface area (Å²) in [5, 5.41) is 3.77. The number of ether oxygens (including phenoxy) is 2. The summed E-state index contributed by atoms with van der Waals surface area (Å²) in [4.78, 5) is 12.4. The van der Waals surface area contributed by atoms with E-state index in [1.165, 1.54) is 17.4 Å². The van der Waals surface area contributed by atoms with Crippen LogP contribution < -0.4 is 10.0 Å². The highest BCUT2D eigenvalue weighted by atomic mass is 32.2. The number of hydrogen-bond acceptors (Lipinski definition) is 7. The Balaban J connectivity index is 2.05. The number of esters is 1. The summed E-state index contributed by atoms with van der Waals surface area (Å²) < 4.78 is 38.0. The Hall–Kier alpha value is -1.52. The number of nitrogens with one attached hydrogen (secondary N) is 2. The third-order valence-corrected chi connectivity index (χ3v) is 5.91. The Bertz CT molecular complexity index is 817. The first-order valence-electron chi connectivity index (χ1n) is 7.88. The standard InChI is InChI=1S/C16H22N2O5S2/c1-3-23-16(19)15-11-12-10-13(4-5-14(12)24-15)25(20,21)18-7-6-17-8-9-22-2/h4-5,10-11,17-18H,3,6-9H2,1-2H3. The second-order valence-electron chi connectivity index (χ2n) is 5.17. The molecule has 0 spiro atoms. The van der Waals surface area contributed by atoms with Crippen molar-refractivity contribution < 1.29 is 22.7 Å². The van der Waals surface area contributed by atoms with Gasteiger partial charge in [0, 0.05) is 31.4 Å². The van der Waals surface area contributed by atoms with Gasteiger partial charge in [0.05, 0.1) is 18.1 Å². The highest BCUT2D eigenvalue weighted by Gasteiger charge is 2.16. The van der Waals surface area contributed by atoms with Crippen molar-refractivity contribution in [3.8, 4) is 0 Å². The molecule has 1 heterocycles. The summed E-state index contributed by atoms with van der Waals surface area (Å²) >= 11 is 1.28. The Morgan fingerprint density at radius 1 is 1.20 bits per heavy atom. The van der Waals surface area contributed by atoms with E-state index >= 15 is 0 Å². The SMILES string of the molecule is CCOC(=O)c1cc2cc(S(=O)(=O)NCCNCCOC)ccc2s1. The van der Waals surface area contributed by atoms with E-state index in [1.807, 2.05) is 0 Å². The van der Waals surface area contributed by atoms with E-state index in [1.54, 1.807) is 32.2 Å². The molecule has 0 aliphatic rings. The number of thiophene rings is 1. The van der Waals surface area contributed by atoms with Crippen LogP contribution >= 0.6 is 11.3 Å². The monoisotopic (exact) mass is 386 g/mol. The van der Waals surface area contributed by atoms with Crippen LogP contribution in [0.4, 0.5) is 0 Å². The van der Waals surface area contributed by atoms with Crippen molar-refractivity contribution in [3.05, 3.63) is 29.1 Å². The third-order valence-electron chi connectivity index (χ3n) is 3.35. The first-order valence-corrected chi connectivity index (χ1v) is 10.2. The molecule has 0 unspecified atom stereocenters. The van der Waals surface area contributed by atoms with E-state index in [-0.39, 0.29) is 11.4 Å². The Morgan fingerprint density at radius 2 is 2.00 bits per heavy atom. The zero-order valence-corrected chi connectivity index (χ0v) is 15.8. The predicted molar refractivity (Wildman–Crippen MR) is 97.7 cm³/mol. The number of rotatable bonds is 10. The van der Waals surface area contributed by atoms with Crippen molar-refractivity contribution >= 4 is 37.4 Å². The van der Waals surface area contributed by atoms with Gasteiger partial charge in [-0.05, 0) is 36.6 Å². The molecule has 0 atom stereocenters. The van der Waals surface area contributed by atoms with Gasteiger partial charge in [-0.25, -0.2) is 17.9 Å². The van der Waals surface area contributed by atoms with Crippen molar-refractivity contribution in [3.63, 3.8) is 0 Å². The number of sulfonamides is 1. The van der Waals surface area contributed by atoms with Crippen LogP contribution in [0.25, 0.3) is 10.1 Å². The molecule has 9 heteroatoms. The fraction of sp³-hybridized carbons (Fsp3) is 0.438. The van der Waals surface area contributed by atoms with E-state index in [9.17, 15) is 13.2 Å². The van der Waals surface area contributed by atoms with Gasteiger partial charge in [-0.1, -0.05) is 0 Å². The van der Waals surface area contributed by atoms with Crippen molar-refractivity contribution in [2.45, 2.75) is 11.8 Å². The lowest BCUT2D eigenvalue weighted by Gasteiger charge is -2.08. The second-order valence-corrected chi connectivity index (χ2v) is 8.02. The summed E-state index contributed by atoms with van der Waals surface area (Å²) in [6.45, 7) is 4.07. The number of methoxy groups -OCH3 is 1. The second kappa shape index (κ2) is 9.25. The smallest absolute Gasteiger partial charge is 0.348 e. The summed E-state index contributed by atoms with van der Waals surface area (Å²) in [6.07, 6.45) is 0. The first-order chi connectivity index (χ1) is 12.0. The Labute approximate surface area is 151 Å². The molecule has 0 saturated carbocycles. The fourth-order valence-electron chi connectivity index (χ4n) is 2.15. The highest BCUT2D eigenvalue weighted by molar-refractivity contribution is 7.89. The molecule has 138 valence electrons. The van der Waals surface area contributed by atoms with Crippen molar-refractivity contribution in [2.24, 2.45) is 0 Å². The van der Waals surface area contributed by atoms with Gasteiger partial charge in [0.15, 0.2) is 0 Å². The number of benzene rings is 1. The minimum Gasteiger partial charge on any atom is -0.462 e. The molecule has 0 saturated heterocycles. The van der Waals surface area contributed by atoms with Gasteiger partial charge < -0.3 is 14.8 Å². The highest BCUT2D eigenvalue weighted by Crippen LogP contribution is 2.28. The molecule has 2 N–H and O–H groups in total. The molecule has 0 aliphatic heterocycles. The number of fused-ring (bicyclic) bond motifs is 1. The maximum atomic E-state index is 12.4. The third kappa shape index (κ3) is 5.48. The van der Waals surface area contributed by atoms with Gasteiger partial charge in [-0.3, -0.25) is 0 Å². The van der Waals surface area contributed by atoms with Gasteiger partial charge >= 0.3 is 5.97 Å². The quantitative estimate of drug-likeness (QED) is 0.476. The van der Waals surface area contributed by atoms with Crippen molar-refractivity contribution in [1.82, 2.24) is 10.0 Å². The lowest BCUT2D eigenvalue weighted by molar-refractivity contribution is 0.0532. The average Bonchev–Trinajstić information content (AvgIpc) is 3.01. The van der Waals surface area contributed by atoms with Crippen molar-refractivity contribution in [1.29, 1.82) is 0 Å². The molecule has 0 bridgehead atoms. The van der Waals surface area contributed by atoms with Crippen LogP contribution in [0.15, 0.2) is 29.2 Å². The average molecular weight is 386 g/mol. The largest absolute Gasteiger partial charge is 0.462 e. The number of carbonyl (C=O) groups excluding carboxylic acids is 1. The molecule has 1 aromatic heterocycles. The zero-order chi connectivity index (χ0) is 18.3. The Morgan fingerprint density at radius 3 is 2.72 bits per heavy atom. The molecule has 25 heavy (non-hydrogen) atoms. The molecule has 0 aliphatic carbocycles. The van der Waals surface area contributed by atoms with Gasteiger partial charge in [0.25, 0.3) is 0 Å². The van der Waals surface area contributed by atoms with Crippen LogP contribution in [0.5, 0.6) is 0 Å². The lowest BCUT2D eigenvalue weighted by Crippen LogP contribution is -2.33. The summed E-state index contributed by atoms with van der Waals surface area (Å²) in [6, 6.07) is 6.46. The topological polar surface area (TPSA) is 93.7 Å². The first kappa shape index (κ1) is 19.8. The molecule has 0 amide bonds. The van der Waals surface area contributed by atoms with E-state index in [4.69, 9.17) is 9.47 Å². The molecule has 2 aromatic rings. The van der Waals surface area contributed by atoms with Crippen LogP contribution in [-0.4, -0.2) is 54.3 Å². The van der Waals surface area contributed by atoms with Crippen LogP contribution in [-0.2, 0) is 19.5 Å². The van der Waals surface area contributed by atoms with E-state index in [0.717, 1.165) is 4.70 Å². The molecule has 0 radical (unpaired) electrons. The van der Waals surface area contributed by atoms with E-state index in [0.29, 0.717) is 36.6 Å². The summed E-state index contributed by atoms with van der Waals surface area (Å²) in [5.41, 5.74) is 0. The van der Waals surface area contributed by atoms with Gasteiger partial charge in [-0.15, -0.1) is 11.3 Å². The zero-order valence-electron chi connectivity index (χ0n) is 14.2. The van der Waals surface area contributed by atoms with Gasteiger partial charge in [0.2, 0.25) is 10.0 Å². The lowest BCUT2D eigenvalue weighted by atomic mass is 10.2. The number of hydrogen-bond donors (Lipinski definition) is 2. The maximum Gasteiger partial charge on any atom is 0.348 e. The van der Waals surface area contributed by atoms with Crippen LogP contribution in [0.2, 0.25) is 0 Å². The Kier molecular flexibility index (Phi) is 7.33. The predicted octanol–water partition coefficient (Wildman–Crippen LogP) is 1.59. The molecule has 1 aromatic carbocycles. The minimum atomic E-state index is -3.60. The molecular weight excluding hydrogens is 364 g/mol. The molecule has 2 rings (SSSR count).